The molecule has 5 heteroatoms. The maximum absolute atomic E-state index is 11.8. The van der Waals surface area contributed by atoms with Gasteiger partial charge < -0.3 is 16.4 Å². The van der Waals surface area contributed by atoms with Crippen molar-refractivity contribution in [1.82, 2.24) is 5.32 Å². The predicted octanol–water partition coefficient (Wildman–Crippen LogP) is 0.186. The lowest BCUT2D eigenvalue weighted by Gasteiger charge is -2.16. The normalized spacial score (nSPS) is 19.6. The molecule has 1 heterocycles. The monoisotopic (exact) mass is 233 g/mol. The standard InChI is InChI=1S/C12H15N3O2/c1-14-10(11(13)16)6-8-7-4-2-3-5-9(7)15-12(8)17/h2-5,8,10,14H,6H2,1H3,(H2,13,16)(H,15,17)/t8-,10+/m1/s1. The smallest absolute Gasteiger partial charge is 0.234 e. The molecule has 1 aromatic carbocycles. The number of fused-ring (bicyclic) bond motifs is 1. The third kappa shape index (κ3) is 2.14. The molecule has 5 nitrogen and oxygen atoms in total. The Labute approximate surface area is 99.4 Å². The van der Waals surface area contributed by atoms with Crippen molar-refractivity contribution >= 4 is 17.5 Å². The van der Waals surface area contributed by atoms with Crippen molar-refractivity contribution in [3.8, 4) is 0 Å². The topological polar surface area (TPSA) is 84.2 Å². The van der Waals surface area contributed by atoms with Gasteiger partial charge in [0, 0.05) is 5.69 Å². The van der Waals surface area contributed by atoms with E-state index in [1.165, 1.54) is 0 Å². The number of hydrogen-bond acceptors (Lipinski definition) is 3. The molecule has 0 radical (unpaired) electrons. The van der Waals surface area contributed by atoms with Crippen LogP contribution in [-0.4, -0.2) is 24.9 Å². The molecule has 2 amide bonds. The molecule has 0 bridgehead atoms. The van der Waals surface area contributed by atoms with Gasteiger partial charge in [-0.1, -0.05) is 18.2 Å². The number of likely N-dealkylation sites (N-methyl/N-ethyl adjacent to an activating group) is 1. The second-order valence-electron chi connectivity index (χ2n) is 4.11. The number of hydrogen-bond donors (Lipinski definition) is 3. The molecular formula is C12H15N3O2. The van der Waals surface area contributed by atoms with Gasteiger partial charge in [-0.2, -0.15) is 0 Å². The molecular weight excluding hydrogens is 218 g/mol. The van der Waals surface area contributed by atoms with Crippen LogP contribution in [0.1, 0.15) is 17.9 Å². The zero-order chi connectivity index (χ0) is 12.4. The highest BCUT2D eigenvalue weighted by Gasteiger charge is 2.33. The van der Waals surface area contributed by atoms with Gasteiger partial charge in [0.2, 0.25) is 11.8 Å². The van der Waals surface area contributed by atoms with Crippen molar-refractivity contribution in [2.75, 3.05) is 12.4 Å². The van der Waals surface area contributed by atoms with E-state index in [0.29, 0.717) is 6.42 Å². The van der Waals surface area contributed by atoms with E-state index < -0.39 is 11.9 Å². The summed E-state index contributed by atoms with van der Waals surface area (Å²) in [5, 5.41) is 5.62. The summed E-state index contributed by atoms with van der Waals surface area (Å²) < 4.78 is 0. The highest BCUT2D eigenvalue weighted by Crippen LogP contribution is 2.34. The first kappa shape index (κ1) is 11.6. The summed E-state index contributed by atoms with van der Waals surface area (Å²) >= 11 is 0. The fourth-order valence-electron chi connectivity index (χ4n) is 2.12. The van der Waals surface area contributed by atoms with Crippen molar-refractivity contribution in [3.63, 3.8) is 0 Å². The number of benzene rings is 1. The summed E-state index contributed by atoms with van der Waals surface area (Å²) in [7, 11) is 1.66. The Bertz CT molecular complexity index is 459. The van der Waals surface area contributed by atoms with Gasteiger partial charge >= 0.3 is 0 Å². The van der Waals surface area contributed by atoms with E-state index in [9.17, 15) is 9.59 Å². The summed E-state index contributed by atoms with van der Waals surface area (Å²) in [5.41, 5.74) is 7.01. The highest BCUT2D eigenvalue weighted by atomic mass is 16.2. The number of carbonyl (C=O) groups excluding carboxylic acids is 2. The molecule has 1 aliphatic heterocycles. The third-order valence-corrected chi connectivity index (χ3v) is 3.07. The largest absolute Gasteiger partial charge is 0.368 e. The van der Waals surface area contributed by atoms with Crippen molar-refractivity contribution in [2.45, 2.75) is 18.4 Å². The fraction of sp³-hybridized carbons (Fsp3) is 0.333. The van der Waals surface area contributed by atoms with E-state index in [2.05, 4.69) is 10.6 Å². The van der Waals surface area contributed by atoms with Crippen LogP contribution in [0.2, 0.25) is 0 Å². The molecule has 0 aliphatic carbocycles. The maximum atomic E-state index is 11.8. The van der Waals surface area contributed by atoms with Crippen molar-refractivity contribution in [1.29, 1.82) is 0 Å². The minimum atomic E-state index is -0.489. The van der Waals surface area contributed by atoms with Crippen LogP contribution in [0.15, 0.2) is 24.3 Å². The van der Waals surface area contributed by atoms with Gasteiger partial charge in [-0.05, 0) is 25.1 Å². The molecule has 1 aromatic rings. The summed E-state index contributed by atoms with van der Waals surface area (Å²) in [4.78, 5) is 23.0. The van der Waals surface area contributed by atoms with Gasteiger partial charge in [-0.3, -0.25) is 9.59 Å². The predicted molar refractivity (Wildman–Crippen MR) is 64.5 cm³/mol. The zero-order valence-electron chi connectivity index (χ0n) is 9.57. The van der Waals surface area contributed by atoms with Crippen LogP contribution >= 0.6 is 0 Å². The number of nitrogens with two attached hydrogens (primary N) is 1. The average Bonchev–Trinajstić information content (AvgIpc) is 2.61. The van der Waals surface area contributed by atoms with E-state index in [1.54, 1.807) is 7.05 Å². The second-order valence-corrected chi connectivity index (χ2v) is 4.11. The molecule has 2 atom stereocenters. The highest BCUT2D eigenvalue weighted by molar-refractivity contribution is 6.03. The van der Waals surface area contributed by atoms with Crippen LogP contribution in [0.4, 0.5) is 5.69 Å². The number of anilines is 1. The molecule has 90 valence electrons. The van der Waals surface area contributed by atoms with Gasteiger partial charge in [0.25, 0.3) is 0 Å². The molecule has 0 spiro atoms. The molecule has 0 saturated heterocycles. The SMILES string of the molecule is CN[C@@H](C[C@H]1C(=O)Nc2ccccc21)C(N)=O. The van der Waals surface area contributed by atoms with Crippen LogP contribution < -0.4 is 16.4 Å². The Morgan fingerprint density at radius 1 is 1.53 bits per heavy atom. The third-order valence-electron chi connectivity index (χ3n) is 3.07. The van der Waals surface area contributed by atoms with Crippen molar-refractivity contribution in [2.24, 2.45) is 5.73 Å². The van der Waals surface area contributed by atoms with Crippen molar-refractivity contribution < 1.29 is 9.59 Å². The van der Waals surface area contributed by atoms with E-state index in [4.69, 9.17) is 5.73 Å². The number of carbonyl (C=O) groups is 2. The lowest BCUT2D eigenvalue weighted by molar-refractivity contribution is -0.120. The lowest BCUT2D eigenvalue weighted by atomic mass is 9.93. The molecule has 0 saturated carbocycles. The first-order valence-electron chi connectivity index (χ1n) is 5.50. The molecule has 1 aliphatic rings. The van der Waals surface area contributed by atoms with Gasteiger partial charge in [-0.15, -0.1) is 0 Å². The van der Waals surface area contributed by atoms with E-state index in [1.807, 2.05) is 24.3 Å². The molecule has 17 heavy (non-hydrogen) atoms. The molecule has 0 aromatic heterocycles. The molecule has 4 N–H and O–H groups in total. The van der Waals surface area contributed by atoms with Crippen LogP contribution in [0, 0.1) is 0 Å². The molecule has 2 rings (SSSR count). The molecule has 0 fully saturated rings. The lowest BCUT2D eigenvalue weighted by Crippen LogP contribution is -2.40. The second kappa shape index (κ2) is 4.55. The summed E-state index contributed by atoms with van der Waals surface area (Å²) in [6.07, 6.45) is 0.384. The quantitative estimate of drug-likeness (QED) is 0.694. The minimum Gasteiger partial charge on any atom is -0.368 e. The average molecular weight is 233 g/mol. The Morgan fingerprint density at radius 2 is 2.24 bits per heavy atom. The Hall–Kier alpha value is -1.88. The summed E-state index contributed by atoms with van der Waals surface area (Å²) in [6, 6.07) is 7.00. The van der Waals surface area contributed by atoms with Crippen LogP contribution in [0.5, 0.6) is 0 Å². The number of nitrogens with one attached hydrogen (secondary N) is 2. The molecule has 0 unspecified atom stereocenters. The van der Waals surface area contributed by atoms with Gasteiger partial charge in [0.05, 0.1) is 12.0 Å². The number of rotatable bonds is 4. The van der Waals surface area contributed by atoms with E-state index in [-0.39, 0.29) is 11.8 Å². The zero-order valence-corrected chi connectivity index (χ0v) is 9.57. The Morgan fingerprint density at radius 3 is 2.88 bits per heavy atom. The minimum absolute atomic E-state index is 0.0762. The summed E-state index contributed by atoms with van der Waals surface area (Å²) in [6.45, 7) is 0. The first-order chi connectivity index (χ1) is 8.13. The Balaban J connectivity index is 2.22. The van der Waals surface area contributed by atoms with Crippen molar-refractivity contribution in [3.05, 3.63) is 29.8 Å². The van der Waals surface area contributed by atoms with E-state index >= 15 is 0 Å². The van der Waals surface area contributed by atoms with Crippen LogP contribution in [-0.2, 0) is 9.59 Å². The number of para-hydroxylation sites is 1. The van der Waals surface area contributed by atoms with Gasteiger partial charge in [0.1, 0.15) is 0 Å². The van der Waals surface area contributed by atoms with Crippen LogP contribution in [0.3, 0.4) is 0 Å². The van der Waals surface area contributed by atoms with Gasteiger partial charge in [-0.25, -0.2) is 0 Å². The maximum Gasteiger partial charge on any atom is 0.234 e. The number of primary amides is 1. The Kier molecular flexibility index (Phi) is 3.10. The van der Waals surface area contributed by atoms with Crippen LogP contribution in [0.25, 0.3) is 0 Å². The first-order valence-corrected chi connectivity index (χ1v) is 5.50. The number of amides is 2. The van der Waals surface area contributed by atoms with E-state index in [0.717, 1.165) is 11.3 Å². The summed E-state index contributed by atoms with van der Waals surface area (Å²) in [5.74, 6) is -0.825. The van der Waals surface area contributed by atoms with Gasteiger partial charge in [0.15, 0.2) is 0 Å². The fourth-order valence-corrected chi connectivity index (χ4v) is 2.12.